The van der Waals surface area contributed by atoms with Crippen molar-refractivity contribution in [3.63, 3.8) is 0 Å². The summed E-state index contributed by atoms with van der Waals surface area (Å²) in [6.45, 7) is 5.83. The van der Waals surface area contributed by atoms with E-state index in [-0.39, 0.29) is 5.97 Å². The van der Waals surface area contributed by atoms with Crippen LogP contribution in [-0.2, 0) is 14.9 Å². The van der Waals surface area contributed by atoms with E-state index in [0.29, 0.717) is 6.61 Å². The standard InChI is InChI=1S/C12H14N2O2S2/c1-4-16-11(15)12(2,3)9-6-18-10(14-9)8-5-17-7-13-8/h5-7H,4H2,1-3H3. The fraction of sp³-hybridized carbons (Fsp3) is 0.417. The molecule has 0 amide bonds. The zero-order chi connectivity index (χ0) is 13.2. The second-order valence-electron chi connectivity index (χ2n) is 4.26. The Bertz CT molecular complexity index is 532. The third kappa shape index (κ3) is 2.44. The number of carbonyl (C=O) groups is 1. The maximum atomic E-state index is 11.9. The summed E-state index contributed by atoms with van der Waals surface area (Å²) in [5.74, 6) is -0.250. The Morgan fingerprint density at radius 1 is 1.44 bits per heavy atom. The number of thiazole rings is 2. The lowest BCUT2D eigenvalue weighted by atomic mass is 9.90. The maximum absolute atomic E-state index is 11.9. The number of hydrogen-bond donors (Lipinski definition) is 0. The van der Waals surface area contributed by atoms with Gasteiger partial charge in [-0.15, -0.1) is 22.7 Å². The molecule has 0 fully saturated rings. The van der Waals surface area contributed by atoms with Crippen molar-refractivity contribution in [1.29, 1.82) is 0 Å². The number of hydrogen-bond acceptors (Lipinski definition) is 6. The normalized spacial score (nSPS) is 11.5. The minimum atomic E-state index is -0.721. The van der Waals surface area contributed by atoms with Crippen molar-refractivity contribution in [3.8, 4) is 10.7 Å². The first-order valence-electron chi connectivity index (χ1n) is 5.57. The maximum Gasteiger partial charge on any atom is 0.317 e. The molecule has 0 radical (unpaired) electrons. The predicted molar refractivity (Wildman–Crippen MR) is 72.9 cm³/mol. The summed E-state index contributed by atoms with van der Waals surface area (Å²) < 4.78 is 5.07. The average Bonchev–Trinajstić information content (AvgIpc) is 3.00. The van der Waals surface area contributed by atoms with E-state index in [4.69, 9.17) is 4.74 Å². The molecule has 0 aliphatic carbocycles. The number of rotatable bonds is 4. The first-order chi connectivity index (χ1) is 8.55. The molecule has 2 aromatic heterocycles. The van der Waals surface area contributed by atoms with Gasteiger partial charge in [0.1, 0.15) is 16.1 Å². The van der Waals surface area contributed by atoms with Gasteiger partial charge in [-0.25, -0.2) is 9.97 Å². The Labute approximate surface area is 114 Å². The molecule has 0 aliphatic rings. The van der Waals surface area contributed by atoms with E-state index >= 15 is 0 Å². The Hall–Kier alpha value is -1.27. The molecule has 0 saturated carbocycles. The fourth-order valence-electron chi connectivity index (χ4n) is 1.41. The molecule has 6 heteroatoms. The lowest BCUT2D eigenvalue weighted by molar-refractivity contribution is -0.148. The third-order valence-corrected chi connectivity index (χ3v) is 4.03. The monoisotopic (exact) mass is 282 g/mol. The zero-order valence-electron chi connectivity index (χ0n) is 10.5. The molecular formula is C12H14N2O2S2. The van der Waals surface area contributed by atoms with Crippen molar-refractivity contribution < 1.29 is 9.53 Å². The van der Waals surface area contributed by atoms with Crippen LogP contribution in [0.1, 0.15) is 26.5 Å². The van der Waals surface area contributed by atoms with Gasteiger partial charge in [0, 0.05) is 10.8 Å². The smallest absolute Gasteiger partial charge is 0.317 e. The van der Waals surface area contributed by atoms with Crippen molar-refractivity contribution in [2.45, 2.75) is 26.2 Å². The van der Waals surface area contributed by atoms with Crippen LogP contribution in [0.2, 0.25) is 0 Å². The average molecular weight is 282 g/mol. The van der Waals surface area contributed by atoms with Gasteiger partial charge in [-0.2, -0.15) is 0 Å². The molecule has 18 heavy (non-hydrogen) atoms. The summed E-state index contributed by atoms with van der Waals surface area (Å²) >= 11 is 3.02. The zero-order valence-corrected chi connectivity index (χ0v) is 12.1. The predicted octanol–water partition coefficient (Wildman–Crippen LogP) is 3.11. The van der Waals surface area contributed by atoms with Crippen LogP contribution in [0.15, 0.2) is 16.3 Å². The molecular weight excluding hydrogens is 268 g/mol. The first-order valence-corrected chi connectivity index (χ1v) is 7.39. The lowest BCUT2D eigenvalue weighted by Crippen LogP contribution is -2.31. The third-order valence-electron chi connectivity index (χ3n) is 2.58. The lowest BCUT2D eigenvalue weighted by Gasteiger charge is -2.19. The Morgan fingerprint density at radius 3 is 2.83 bits per heavy atom. The molecule has 0 aliphatic heterocycles. The van der Waals surface area contributed by atoms with Gasteiger partial charge in [0.15, 0.2) is 0 Å². The topological polar surface area (TPSA) is 52.1 Å². The van der Waals surface area contributed by atoms with E-state index in [1.807, 2.05) is 24.6 Å². The minimum Gasteiger partial charge on any atom is -0.465 e. The Kier molecular flexibility index (Phi) is 3.77. The van der Waals surface area contributed by atoms with Crippen molar-refractivity contribution in [1.82, 2.24) is 9.97 Å². The molecule has 2 heterocycles. The summed E-state index contributed by atoms with van der Waals surface area (Å²) in [5, 5.41) is 4.68. The molecule has 0 bridgehead atoms. The molecule has 0 saturated heterocycles. The molecule has 4 nitrogen and oxygen atoms in total. The van der Waals surface area contributed by atoms with Crippen molar-refractivity contribution in [2.24, 2.45) is 0 Å². The minimum absolute atomic E-state index is 0.250. The van der Waals surface area contributed by atoms with Crippen LogP contribution in [-0.4, -0.2) is 22.5 Å². The highest BCUT2D eigenvalue weighted by Crippen LogP contribution is 2.30. The molecule has 0 aromatic carbocycles. The van der Waals surface area contributed by atoms with Crippen LogP contribution >= 0.6 is 22.7 Å². The van der Waals surface area contributed by atoms with Crippen molar-refractivity contribution >= 4 is 28.6 Å². The number of aromatic nitrogens is 2. The summed E-state index contributed by atoms with van der Waals surface area (Å²) in [4.78, 5) is 20.6. The quantitative estimate of drug-likeness (QED) is 0.809. The van der Waals surface area contributed by atoms with Crippen LogP contribution in [0.5, 0.6) is 0 Å². The first kappa shape index (κ1) is 13.2. The van der Waals surface area contributed by atoms with Crippen molar-refractivity contribution in [2.75, 3.05) is 6.61 Å². The SMILES string of the molecule is CCOC(=O)C(C)(C)c1csc(-c2cscn2)n1. The van der Waals surface area contributed by atoms with E-state index < -0.39 is 5.41 Å². The van der Waals surface area contributed by atoms with Crippen LogP contribution in [0.4, 0.5) is 0 Å². The second kappa shape index (κ2) is 5.16. The molecule has 96 valence electrons. The number of ether oxygens (including phenoxy) is 1. The van der Waals surface area contributed by atoms with Crippen LogP contribution < -0.4 is 0 Å². The van der Waals surface area contributed by atoms with E-state index in [2.05, 4.69) is 9.97 Å². The number of nitrogens with zero attached hydrogens (tertiary/aromatic N) is 2. The molecule has 0 N–H and O–H groups in total. The summed E-state index contributed by atoms with van der Waals surface area (Å²) in [5.41, 5.74) is 2.64. The van der Waals surface area contributed by atoms with E-state index in [0.717, 1.165) is 16.4 Å². The number of carbonyl (C=O) groups excluding carboxylic acids is 1. The number of esters is 1. The highest BCUT2D eigenvalue weighted by atomic mass is 32.1. The van der Waals surface area contributed by atoms with Gasteiger partial charge in [0.25, 0.3) is 0 Å². The van der Waals surface area contributed by atoms with Gasteiger partial charge < -0.3 is 4.74 Å². The second-order valence-corrected chi connectivity index (χ2v) is 5.83. The summed E-state index contributed by atoms with van der Waals surface area (Å²) in [6, 6.07) is 0. The Morgan fingerprint density at radius 2 is 2.22 bits per heavy atom. The highest BCUT2D eigenvalue weighted by Gasteiger charge is 2.34. The van der Waals surface area contributed by atoms with Gasteiger partial charge in [0.05, 0.1) is 17.8 Å². The van der Waals surface area contributed by atoms with Crippen LogP contribution in [0, 0.1) is 0 Å². The summed E-state index contributed by atoms with van der Waals surface area (Å²) in [7, 11) is 0. The fourth-order valence-corrected chi connectivity index (χ4v) is 2.98. The van der Waals surface area contributed by atoms with Gasteiger partial charge in [0.2, 0.25) is 0 Å². The summed E-state index contributed by atoms with van der Waals surface area (Å²) in [6.07, 6.45) is 0. The largest absolute Gasteiger partial charge is 0.465 e. The van der Waals surface area contributed by atoms with E-state index in [1.54, 1.807) is 12.4 Å². The van der Waals surface area contributed by atoms with Crippen LogP contribution in [0.25, 0.3) is 10.7 Å². The molecule has 2 rings (SSSR count). The van der Waals surface area contributed by atoms with Crippen molar-refractivity contribution in [3.05, 3.63) is 22.0 Å². The van der Waals surface area contributed by atoms with E-state index in [1.165, 1.54) is 22.7 Å². The molecule has 0 spiro atoms. The Balaban J connectivity index is 2.27. The van der Waals surface area contributed by atoms with Gasteiger partial charge in [-0.05, 0) is 20.8 Å². The van der Waals surface area contributed by atoms with Crippen LogP contribution in [0.3, 0.4) is 0 Å². The van der Waals surface area contributed by atoms with E-state index in [9.17, 15) is 4.79 Å². The van der Waals surface area contributed by atoms with Gasteiger partial charge >= 0.3 is 5.97 Å². The molecule has 0 atom stereocenters. The molecule has 0 unspecified atom stereocenters. The highest BCUT2D eigenvalue weighted by molar-refractivity contribution is 7.13. The van der Waals surface area contributed by atoms with Gasteiger partial charge in [-0.1, -0.05) is 0 Å². The molecule has 2 aromatic rings. The van der Waals surface area contributed by atoms with Gasteiger partial charge in [-0.3, -0.25) is 4.79 Å².